The Kier molecular flexibility index (Phi) is 3.56. The molecule has 0 aromatic carbocycles. The zero-order valence-corrected chi connectivity index (χ0v) is 9.15. The lowest BCUT2D eigenvalue weighted by molar-refractivity contribution is 0.302. The van der Waals surface area contributed by atoms with Gasteiger partial charge in [-0.15, -0.1) is 0 Å². The van der Waals surface area contributed by atoms with E-state index in [9.17, 15) is 0 Å². The first kappa shape index (κ1) is 10.4. The largest absolute Gasteiger partial charge is 0.491 e. The highest BCUT2D eigenvalue weighted by molar-refractivity contribution is 5.15. The van der Waals surface area contributed by atoms with Gasteiger partial charge in [0.25, 0.3) is 0 Å². The van der Waals surface area contributed by atoms with E-state index in [1.54, 1.807) is 12.4 Å². The molecule has 1 saturated carbocycles. The molecule has 3 heteroatoms. The van der Waals surface area contributed by atoms with Gasteiger partial charge in [-0.3, -0.25) is 4.98 Å². The third-order valence-corrected chi connectivity index (χ3v) is 2.80. The maximum Gasteiger partial charge on any atom is 0.137 e. The molecule has 1 aliphatic rings. The van der Waals surface area contributed by atoms with Crippen LogP contribution in [-0.4, -0.2) is 24.2 Å². The topological polar surface area (TPSA) is 34.1 Å². The highest BCUT2D eigenvalue weighted by atomic mass is 16.5. The van der Waals surface area contributed by atoms with E-state index in [1.165, 1.54) is 12.8 Å². The van der Waals surface area contributed by atoms with E-state index in [4.69, 9.17) is 4.74 Å². The molecule has 1 aromatic heterocycles. The Labute approximate surface area is 90.9 Å². The molecule has 0 radical (unpaired) electrons. The van der Waals surface area contributed by atoms with Gasteiger partial charge in [0.1, 0.15) is 12.4 Å². The number of aromatic nitrogens is 1. The fourth-order valence-electron chi connectivity index (χ4n) is 1.65. The Balaban J connectivity index is 1.58. The monoisotopic (exact) mass is 206 g/mol. The minimum absolute atomic E-state index is 0.641. The molecular formula is C12H18N2O. The van der Waals surface area contributed by atoms with Crippen LogP contribution in [-0.2, 0) is 0 Å². The average molecular weight is 206 g/mol. The van der Waals surface area contributed by atoms with Crippen LogP contribution in [0, 0.1) is 5.92 Å². The summed E-state index contributed by atoms with van der Waals surface area (Å²) in [5, 5.41) is 3.47. The van der Waals surface area contributed by atoms with Crippen LogP contribution in [0.15, 0.2) is 24.5 Å². The minimum Gasteiger partial charge on any atom is -0.491 e. The lowest BCUT2D eigenvalue weighted by Crippen LogP contribution is -2.31. The normalized spacial score (nSPS) is 17.4. The summed E-state index contributed by atoms with van der Waals surface area (Å²) < 4.78 is 5.53. The fraction of sp³-hybridized carbons (Fsp3) is 0.583. The number of nitrogens with zero attached hydrogens (tertiary/aromatic N) is 1. The number of pyridine rings is 1. The highest BCUT2D eigenvalue weighted by Gasteiger charge is 2.27. The summed E-state index contributed by atoms with van der Waals surface area (Å²) in [6, 6.07) is 4.45. The van der Waals surface area contributed by atoms with Gasteiger partial charge in [0.05, 0.1) is 6.20 Å². The van der Waals surface area contributed by atoms with Crippen LogP contribution in [0.4, 0.5) is 0 Å². The van der Waals surface area contributed by atoms with E-state index in [-0.39, 0.29) is 0 Å². The summed E-state index contributed by atoms with van der Waals surface area (Å²) in [6.07, 6.45) is 6.26. The fourth-order valence-corrected chi connectivity index (χ4v) is 1.65. The van der Waals surface area contributed by atoms with E-state index >= 15 is 0 Å². The maximum absolute atomic E-state index is 5.53. The van der Waals surface area contributed by atoms with E-state index in [2.05, 4.69) is 17.2 Å². The smallest absolute Gasteiger partial charge is 0.137 e. The van der Waals surface area contributed by atoms with E-state index in [0.29, 0.717) is 12.6 Å². The predicted molar refractivity (Wildman–Crippen MR) is 59.9 cm³/mol. The van der Waals surface area contributed by atoms with Gasteiger partial charge in [-0.25, -0.2) is 0 Å². The summed E-state index contributed by atoms with van der Waals surface area (Å²) in [5.74, 6) is 1.75. The van der Waals surface area contributed by atoms with Crippen molar-refractivity contribution in [2.75, 3.05) is 13.2 Å². The molecule has 15 heavy (non-hydrogen) atoms. The minimum atomic E-state index is 0.641. The molecule has 1 N–H and O–H groups in total. The number of rotatable bonds is 6. The predicted octanol–water partition coefficient (Wildman–Crippen LogP) is 1.85. The molecule has 1 aromatic rings. The van der Waals surface area contributed by atoms with Crippen molar-refractivity contribution >= 4 is 0 Å². The van der Waals surface area contributed by atoms with Gasteiger partial charge >= 0.3 is 0 Å². The molecule has 0 bridgehead atoms. The van der Waals surface area contributed by atoms with Crippen molar-refractivity contribution in [3.63, 3.8) is 0 Å². The van der Waals surface area contributed by atoms with Crippen molar-refractivity contribution in [1.82, 2.24) is 10.3 Å². The molecular weight excluding hydrogens is 188 g/mol. The van der Waals surface area contributed by atoms with Crippen LogP contribution in [0.5, 0.6) is 5.75 Å². The summed E-state index contributed by atoms with van der Waals surface area (Å²) in [7, 11) is 0. The van der Waals surface area contributed by atoms with Crippen molar-refractivity contribution in [2.24, 2.45) is 5.92 Å². The second kappa shape index (κ2) is 5.12. The van der Waals surface area contributed by atoms with Crippen LogP contribution in [0.3, 0.4) is 0 Å². The molecule has 1 atom stereocenters. The Bertz CT molecular complexity index is 285. The van der Waals surface area contributed by atoms with Crippen LogP contribution >= 0.6 is 0 Å². The molecule has 3 nitrogen and oxygen atoms in total. The van der Waals surface area contributed by atoms with Gasteiger partial charge in [0.2, 0.25) is 0 Å². The second-order valence-electron chi connectivity index (χ2n) is 4.12. The molecule has 0 saturated heterocycles. The summed E-state index contributed by atoms with van der Waals surface area (Å²) in [4.78, 5) is 3.99. The molecule has 1 unspecified atom stereocenters. The summed E-state index contributed by atoms with van der Waals surface area (Å²) in [6.45, 7) is 3.87. The van der Waals surface area contributed by atoms with E-state index < -0.39 is 0 Å². The van der Waals surface area contributed by atoms with Crippen molar-refractivity contribution in [3.8, 4) is 5.75 Å². The maximum atomic E-state index is 5.53. The Morgan fingerprint density at radius 3 is 3.13 bits per heavy atom. The second-order valence-corrected chi connectivity index (χ2v) is 4.12. The number of ether oxygens (including phenoxy) is 1. The van der Waals surface area contributed by atoms with Crippen LogP contribution in [0.2, 0.25) is 0 Å². The lowest BCUT2D eigenvalue weighted by Gasteiger charge is -2.12. The standard InChI is InChI=1S/C12H18N2O/c1-10(11-4-5-11)14-7-8-15-12-3-2-6-13-9-12/h2-3,6,9-11,14H,4-5,7-8H2,1H3. The number of nitrogens with one attached hydrogen (secondary N) is 1. The van der Waals surface area contributed by atoms with Gasteiger partial charge in [-0.2, -0.15) is 0 Å². The zero-order chi connectivity index (χ0) is 10.5. The Morgan fingerprint density at radius 2 is 2.47 bits per heavy atom. The summed E-state index contributed by atoms with van der Waals surface area (Å²) in [5.41, 5.74) is 0. The molecule has 0 spiro atoms. The quantitative estimate of drug-likeness (QED) is 0.721. The van der Waals surface area contributed by atoms with E-state index in [1.807, 2.05) is 12.1 Å². The molecule has 1 heterocycles. The van der Waals surface area contributed by atoms with Crippen molar-refractivity contribution in [1.29, 1.82) is 0 Å². The van der Waals surface area contributed by atoms with Gasteiger partial charge in [-0.05, 0) is 37.8 Å². The molecule has 82 valence electrons. The van der Waals surface area contributed by atoms with Gasteiger partial charge in [0.15, 0.2) is 0 Å². The van der Waals surface area contributed by atoms with Crippen molar-refractivity contribution in [2.45, 2.75) is 25.8 Å². The lowest BCUT2D eigenvalue weighted by atomic mass is 10.2. The number of hydrogen-bond donors (Lipinski definition) is 1. The summed E-state index contributed by atoms with van der Waals surface area (Å²) >= 11 is 0. The van der Waals surface area contributed by atoms with E-state index in [0.717, 1.165) is 18.2 Å². The highest BCUT2D eigenvalue weighted by Crippen LogP contribution is 2.32. The zero-order valence-electron chi connectivity index (χ0n) is 9.15. The number of hydrogen-bond acceptors (Lipinski definition) is 3. The van der Waals surface area contributed by atoms with Crippen LogP contribution < -0.4 is 10.1 Å². The first-order valence-electron chi connectivity index (χ1n) is 5.62. The van der Waals surface area contributed by atoms with Crippen molar-refractivity contribution < 1.29 is 4.74 Å². The Morgan fingerprint density at radius 1 is 1.60 bits per heavy atom. The van der Waals surface area contributed by atoms with Gasteiger partial charge in [-0.1, -0.05) is 0 Å². The van der Waals surface area contributed by atoms with Crippen LogP contribution in [0.25, 0.3) is 0 Å². The molecule has 1 aliphatic carbocycles. The third kappa shape index (κ3) is 3.51. The molecule has 1 fully saturated rings. The first-order valence-corrected chi connectivity index (χ1v) is 5.62. The van der Waals surface area contributed by atoms with Crippen molar-refractivity contribution in [3.05, 3.63) is 24.5 Å². The third-order valence-electron chi connectivity index (χ3n) is 2.80. The SMILES string of the molecule is CC(NCCOc1cccnc1)C1CC1. The van der Waals surface area contributed by atoms with Gasteiger partial charge < -0.3 is 10.1 Å². The average Bonchev–Trinajstić information content (AvgIpc) is 3.09. The van der Waals surface area contributed by atoms with Gasteiger partial charge in [0, 0.05) is 18.8 Å². The van der Waals surface area contributed by atoms with Crippen LogP contribution in [0.1, 0.15) is 19.8 Å². The molecule has 0 aliphatic heterocycles. The molecule has 2 rings (SSSR count). The first-order chi connectivity index (χ1) is 7.36. The molecule has 0 amide bonds. The Hall–Kier alpha value is -1.09.